The first-order chi connectivity index (χ1) is 14.3. The highest BCUT2D eigenvalue weighted by atomic mass is 32.1. The average molecular weight is 434 g/mol. The van der Waals surface area contributed by atoms with Crippen molar-refractivity contribution >= 4 is 33.8 Å². The Balaban J connectivity index is 1.43. The summed E-state index contributed by atoms with van der Waals surface area (Å²) in [6.45, 7) is 1.81. The van der Waals surface area contributed by atoms with Crippen LogP contribution in [0.15, 0.2) is 35.8 Å². The quantitative estimate of drug-likeness (QED) is 0.594. The lowest BCUT2D eigenvalue weighted by Crippen LogP contribution is -2.40. The Bertz CT molecular complexity index is 1060. The summed E-state index contributed by atoms with van der Waals surface area (Å²) in [6, 6.07) is 8.00. The summed E-state index contributed by atoms with van der Waals surface area (Å²) in [5.41, 5.74) is 2.23. The molecule has 3 aromatic rings. The number of carbonyl (C=O) groups is 1. The van der Waals surface area contributed by atoms with Crippen molar-refractivity contribution in [3.05, 3.63) is 52.1 Å². The monoisotopic (exact) mass is 434 g/mol. The Labute approximate surface area is 175 Å². The van der Waals surface area contributed by atoms with Crippen molar-refractivity contribution in [3.63, 3.8) is 0 Å². The SMILES string of the molecule is Cc1ncsc1C(=O)N[C@H]1CC[C@@H](Nc2cc(C(F)(F)F)nc3ccccc23)CC1. The van der Waals surface area contributed by atoms with Crippen LogP contribution in [0.5, 0.6) is 0 Å². The molecule has 0 bridgehead atoms. The molecule has 1 aromatic carbocycles. The number of aromatic nitrogens is 2. The number of halogens is 3. The number of hydrogen-bond acceptors (Lipinski definition) is 5. The van der Waals surface area contributed by atoms with E-state index in [4.69, 9.17) is 0 Å². The largest absolute Gasteiger partial charge is 0.433 e. The van der Waals surface area contributed by atoms with E-state index in [9.17, 15) is 18.0 Å². The Hall–Kier alpha value is -2.68. The highest BCUT2D eigenvalue weighted by Crippen LogP contribution is 2.34. The molecule has 1 fully saturated rings. The number of anilines is 1. The van der Waals surface area contributed by atoms with E-state index in [1.165, 1.54) is 11.3 Å². The molecule has 4 rings (SSSR count). The van der Waals surface area contributed by atoms with E-state index in [1.54, 1.807) is 36.7 Å². The summed E-state index contributed by atoms with van der Waals surface area (Å²) in [5, 5.41) is 7.00. The number of para-hydroxylation sites is 1. The maximum atomic E-state index is 13.3. The standard InChI is InChI=1S/C21H21F3N4OS/c1-12-19(30-11-25-12)20(29)27-14-8-6-13(7-9-14)26-17-10-18(21(22,23)24)28-16-5-3-2-4-15(16)17/h2-5,10-11,13-14H,6-9H2,1H3,(H,26,28)(H,27,29)/t13-,14+. The van der Waals surface area contributed by atoms with Crippen molar-refractivity contribution in [1.82, 2.24) is 15.3 Å². The molecule has 1 saturated carbocycles. The van der Waals surface area contributed by atoms with Crippen LogP contribution in [0.2, 0.25) is 0 Å². The second-order valence-corrected chi connectivity index (χ2v) is 8.36. The number of carbonyl (C=O) groups excluding carboxylic acids is 1. The molecule has 1 amide bonds. The van der Waals surface area contributed by atoms with Gasteiger partial charge < -0.3 is 10.6 Å². The minimum absolute atomic E-state index is 0.0372. The van der Waals surface area contributed by atoms with E-state index in [0.29, 0.717) is 21.5 Å². The van der Waals surface area contributed by atoms with Gasteiger partial charge in [0.15, 0.2) is 0 Å². The zero-order chi connectivity index (χ0) is 21.3. The lowest BCUT2D eigenvalue weighted by molar-refractivity contribution is -0.140. The van der Waals surface area contributed by atoms with Crippen LogP contribution in [-0.4, -0.2) is 28.0 Å². The van der Waals surface area contributed by atoms with Crippen molar-refractivity contribution in [3.8, 4) is 0 Å². The Morgan fingerprint density at radius 2 is 1.83 bits per heavy atom. The maximum absolute atomic E-state index is 13.3. The van der Waals surface area contributed by atoms with Crippen molar-refractivity contribution in [1.29, 1.82) is 0 Å². The summed E-state index contributed by atoms with van der Waals surface area (Å²) >= 11 is 1.32. The zero-order valence-corrected chi connectivity index (χ0v) is 17.1. The van der Waals surface area contributed by atoms with Gasteiger partial charge in [-0.2, -0.15) is 13.2 Å². The van der Waals surface area contributed by atoms with Gasteiger partial charge in [-0.05, 0) is 44.7 Å². The molecule has 1 aliphatic carbocycles. The molecule has 0 radical (unpaired) electrons. The molecule has 1 aliphatic rings. The second-order valence-electron chi connectivity index (χ2n) is 7.50. The van der Waals surface area contributed by atoms with Crippen molar-refractivity contribution < 1.29 is 18.0 Å². The van der Waals surface area contributed by atoms with Gasteiger partial charge in [0, 0.05) is 23.2 Å². The molecule has 0 unspecified atom stereocenters. The van der Waals surface area contributed by atoms with Crippen molar-refractivity contribution in [2.75, 3.05) is 5.32 Å². The lowest BCUT2D eigenvalue weighted by atomic mass is 9.90. The number of nitrogens with zero attached hydrogens (tertiary/aromatic N) is 2. The van der Waals surface area contributed by atoms with Crippen LogP contribution in [-0.2, 0) is 6.18 Å². The molecule has 2 N–H and O–H groups in total. The molecule has 5 nitrogen and oxygen atoms in total. The van der Waals surface area contributed by atoms with E-state index in [1.807, 2.05) is 0 Å². The van der Waals surface area contributed by atoms with Gasteiger partial charge in [0.2, 0.25) is 0 Å². The van der Waals surface area contributed by atoms with Crippen LogP contribution < -0.4 is 10.6 Å². The normalized spacial score (nSPS) is 19.6. The Morgan fingerprint density at radius 1 is 1.13 bits per heavy atom. The number of benzene rings is 1. The number of thiazole rings is 1. The molecule has 0 spiro atoms. The van der Waals surface area contributed by atoms with Crippen LogP contribution in [0.25, 0.3) is 10.9 Å². The van der Waals surface area contributed by atoms with Gasteiger partial charge in [0.1, 0.15) is 10.6 Å². The summed E-state index contributed by atoms with van der Waals surface area (Å²) in [5.74, 6) is -0.110. The fourth-order valence-electron chi connectivity index (χ4n) is 3.81. The molecule has 0 saturated heterocycles. The number of nitrogens with one attached hydrogen (secondary N) is 2. The third kappa shape index (κ3) is 4.40. The van der Waals surface area contributed by atoms with Crippen LogP contribution in [0.4, 0.5) is 18.9 Å². The Morgan fingerprint density at radius 3 is 2.50 bits per heavy atom. The van der Waals surface area contributed by atoms with Crippen molar-refractivity contribution in [2.45, 2.75) is 50.9 Å². The summed E-state index contributed by atoms with van der Waals surface area (Å²) in [7, 11) is 0. The number of alkyl halides is 3. The number of aryl methyl sites for hydroxylation is 1. The molecule has 9 heteroatoms. The first-order valence-corrected chi connectivity index (χ1v) is 10.6. The van der Waals surface area contributed by atoms with Gasteiger partial charge >= 0.3 is 6.18 Å². The Kier molecular flexibility index (Phi) is 5.64. The van der Waals surface area contributed by atoms with Crippen LogP contribution in [0.1, 0.15) is 46.7 Å². The van der Waals surface area contributed by atoms with Crippen molar-refractivity contribution in [2.24, 2.45) is 0 Å². The first-order valence-electron chi connectivity index (χ1n) is 9.75. The van der Waals surface area contributed by atoms with Gasteiger partial charge in [0.05, 0.1) is 16.7 Å². The maximum Gasteiger partial charge on any atom is 0.433 e. The molecule has 2 heterocycles. The molecule has 2 aromatic heterocycles. The van der Waals surface area contributed by atoms with Crippen LogP contribution in [0.3, 0.4) is 0 Å². The van der Waals surface area contributed by atoms with Gasteiger partial charge in [-0.25, -0.2) is 9.97 Å². The predicted octanol–water partition coefficient (Wildman–Crippen LogP) is 5.17. The van der Waals surface area contributed by atoms with Crippen LogP contribution in [0, 0.1) is 6.92 Å². The van der Waals surface area contributed by atoms with E-state index in [-0.39, 0.29) is 18.0 Å². The molecule has 0 atom stereocenters. The number of amides is 1. The van der Waals surface area contributed by atoms with Gasteiger partial charge in [-0.3, -0.25) is 4.79 Å². The molecular weight excluding hydrogens is 413 g/mol. The average Bonchev–Trinajstić information content (AvgIpc) is 3.15. The minimum atomic E-state index is -4.50. The third-order valence-corrected chi connectivity index (χ3v) is 6.31. The summed E-state index contributed by atoms with van der Waals surface area (Å²) in [6.07, 6.45) is -1.47. The number of pyridine rings is 1. The summed E-state index contributed by atoms with van der Waals surface area (Å²) in [4.78, 5) is 20.9. The fourth-order valence-corrected chi connectivity index (χ4v) is 4.52. The molecule has 158 valence electrons. The van der Waals surface area contributed by atoms with Gasteiger partial charge in [-0.15, -0.1) is 11.3 Å². The second kappa shape index (κ2) is 8.22. The predicted molar refractivity (Wildman–Crippen MR) is 111 cm³/mol. The third-order valence-electron chi connectivity index (χ3n) is 5.38. The highest BCUT2D eigenvalue weighted by Gasteiger charge is 2.34. The molecule has 0 aliphatic heterocycles. The van der Waals surface area contributed by atoms with Gasteiger partial charge in [0.25, 0.3) is 5.91 Å². The molecular formula is C21H21F3N4OS. The number of fused-ring (bicyclic) bond motifs is 1. The topological polar surface area (TPSA) is 66.9 Å². The minimum Gasteiger partial charge on any atom is -0.382 e. The number of hydrogen-bond donors (Lipinski definition) is 2. The van der Waals surface area contributed by atoms with E-state index >= 15 is 0 Å². The highest BCUT2D eigenvalue weighted by molar-refractivity contribution is 7.11. The van der Waals surface area contributed by atoms with Gasteiger partial charge in [-0.1, -0.05) is 18.2 Å². The fraction of sp³-hybridized carbons (Fsp3) is 0.381. The number of rotatable bonds is 4. The first kappa shape index (κ1) is 20.6. The van der Waals surface area contributed by atoms with E-state index < -0.39 is 11.9 Å². The van der Waals surface area contributed by atoms with Crippen LogP contribution >= 0.6 is 11.3 Å². The lowest BCUT2D eigenvalue weighted by Gasteiger charge is -2.30. The molecule has 30 heavy (non-hydrogen) atoms. The van der Waals surface area contributed by atoms with E-state index in [0.717, 1.165) is 37.4 Å². The zero-order valence-electron chi connectivity index (χ0n) is 16.3. The summed E-state index contributed by atoms with van der Waals surface area (Å²) < 4.78 is 39.8. The van der Waals surface area contributed by atoms with E-state index in [2.05, 4.69) is 20.6 Å². The smallest absolute Gasteiger partial charge is 0.382 e.